The van der Waals surface area contributed by atoms with Crippen LogP contribution in [0, 0.1) is 19.7 Å². The summed E-state index contributed by atoms with van der Waals surface area (Å²) in [6.07, 6.45) is 0. The van der Waals surface area contributed by atoms with Gasteiger partial charge in [0.05, 0.1) is 12.6 Å². The second kappa shape index (κ2) is 8.80. The molecule has 0 fully saturated rings. The zero-order chi connectivity index (χ0) is 16.1. The van der Waals surface area contributed by atoms with Gasteiger partial charge >= 0.3 is 0 Å². The van der Waals surface area contributed by atoms with Gasteiger partial charge in [0.25, 0.3) is 0 Å². The summed E-state index contributed by atoms with van der Waals surface area (Å²) in [6, 6.07) is 5.10. The first kappa shape index (κ1) is 19.3. The molecule has 126 valence electrons. The number of hydrogen-bond donors (Lipinski definition) is 2. The van der Waals surface area contributed by atoms with Crippen molar-refractivity contribution in [3.05, 3.63) is 46.9 Å². The number of rotatable bonds is 4. The Labute approximate surface area is 152 Å². The molecule has 8 heteroatoms. The van der Waals surface area contributed by atoms with Crippen molar-refractivity contribution in [1.82, 2.24) is 20.8 Å². The second-order valence-electron chi connectivity index (χ2n) is 5.04. The molecule has 2 rings (SSSR count). The lowest BCUT2D eigenvalue weighted by molar-refractivity contribution is 0.371. The molecule has 1 atom stereocenters. The predicted octanol–water partition coefficient (Wildman–Crippen LogP) is 2.87. The number of nitrogens with one attached hydrogen (secondary N) is 2. The van der Waals surface area contributed by atoms with E-state index in [-0.39, 0.29) is 35.8 Å². The van der Waals surface area contributed by atoms with Crippen LogP contribution in [-0.4, -0.2) is 23.1 Å². The van der Waals surface area contributed by atoms with Crippen LogP contribution >= 0.6 is 24.0 Å². The maximum Gasteiger partial charge on any atom is 0.246 e. The third-order valence-electron chi connectivity index (χ3n) is 3.25. The number of aryl methyl sites for hydroxylation is 2. The Kier molecular flexibility index (Phi) is 7.40. The number of benzene rings is 1. The van der Waals surface area contributed by atoms with E-state index in [1.165, 1.54) is 6.07 Å². The van der Waals surface area contributed by atoms with E-state index in [2.05, 4.69) is 25.8 Å². The predicted molar refractivity (Wildman–Crippen MR) is 97.3 cm³/mol. The van der Waals surface area contributed by atoms with Gasteiger partial charge in [-0.1, -0.05) is 17.3 Å². The molecule has 1 aromatic carbocycles. The van der Waals surface area contributed by atoms with Gasteiger partial charge in [-0.25, -0.2) is 4.39 Å². The van der Waals surface area contributed by atoms with Crippen LogP contribution in [0.2, 0.25) is 0 Å². The summed E-state index contributed by atoms with van der Waals surface area (Å²) in [5, 5.41) is 9.98. The van der Waals surface area contributed by atoms with Crippen molar-refractivity contribution in [2.24, 2.45) is 4.99 Å². The van der Waals surface area contributed by atoms with E-state index >= 15 is 0 Å². The molecule has 0 spiro atoms. The number of halogens is 2. The SMILES string of the molecule is CN=C(NCc1nc(C)no1)NC(C)c1ccc(C)c(F)c1.I. The van der Waals surface area contributed by atoms with E-state index in [9.17, 15) is 4.39 Å². The monoisotopic (exact) mass is 433 g/mol. The summed E-state index contributed by atoms with van der Waals surface area (Å²) in [6.45, 7) is 5.81. The Bertz CT molecular complexity index is 674. The Balaban J connectivity index is 0.00000264. The lowest BCUT2D eigenvalue weighted by Crippen LogP contribution is -2.38. The third-order valence-corrected chi connectivity index (χ3v) is 3.25. The van der Waals surface area contributed by atoms with Gasteiger partial charge in [0.1, 0.15) is 5.82 Å². The fourth-order valence-electron chi connectivity index (χ4n) is 1.93. The molecule has 0 amide bonds. The van der Waals surface area contributed by atoms with Gasteiger partial charge in [0, 0.05) is 7.05 Å². The van der Waals surface area contributed by atoms with Crippen LogP contribution in [0.4, 0.5) is 4.39 Å². The average Bonchev–Trinajstić information content (AvgIpc) is 2.91. The van der Waals surface area contributed by atoms with Crippen molar-refractivity contribution in [3.8, 4) is 0 Å². The highest BCUT2D eigenvalue weighted by atomic mass is 127. The van der Waals surface area contributed by atoms with Gasteiger partial charge in [-0.2, -0.15) is 4.98 Å². The van der Waals surface area contributed by atoms with E-state index in [0.29, 0.717) is 29.8 Å². The molecule has 23 heavy (non-hydrogen) atoms. The van der Waals surface area contributed by atoms with Gasteiger partial charge < -0.3 is 15.2 Å². The minimum absolute atomic E-state index is 0. The Hall–Kier alpha value is -1.71. The molecule has 2 aromatic rings. The van der Waals surface area contributed by atoms with Gasteiger partial charge in [-0.15, -0.1) is 24.0 Å². The zero-order valence-corrected chi connectivity index (χ0v) is 15.9. The van der Waals surface area contributed by atoms with Crippen LogP contribution in [0.25, 0.3) is 0 Å². The summed E-state index contributed by atoms with van der Waals surface area (Å²) in [7, 11) is 1.66. The Morgan fingerprint density at radius 3 is 2.70 bits per heavy atom. The quantitative estimate of drug-likeness (QED) is 0.441. The van der Waals surface area contributed by atoms with Crippen molar-refractivity contribution >= 4 is 29.9 Å². The van der Waals surface area contributed by atoms with Gasteiger partial charge in [-0.3, -0.25) is 4.99 Å². The number of aromatic nitrogens is 2. The molecule has 2 N–H and O–H groups in total. The normalized spacial score (nSPS) is 12.5. The molecule has 0 aliphatic rings. The first-order valence-electron chi connectivity index (χ1n) is 7.02. The van der Waals surface area contributed by atoms with Crippen molar-refractivity contribution in [2.45, 2.75) is 33.4 Å². The van der Waals surface area contributed by atoms with Crippen molar-refractivity contribution < 1.29 is 8.91 Å². The minimum atomic E-state index is -0.213. The summed E-state index contributed by atoms with van der Waals surface area (Å²) in [5.74, 6) is 1.43. The molecular formula is C15H21FIN5O. The van der Waals surface area contributed by atoms with E-state index in [0.717, 1.165) is 5.56 Å². The maximum atomic E-state index is 13.6. The number of nitrogens with zero attached hydrogens (tertiary/aromatic N) is 3. The van der Waals surface area contributed by atoms with Crippen LogP contribution in [0.3, 0.4) is 0 Å². The van der Waals surface area contributed by atoms with Crippen LogP contribution in [0.1, 0.15) is 35.8 Å². The Morgan fingerprint density at radius 2 is 2.13 bits per heavy atom. The van der Waals surface area contributed by atoms with Gasteiger partial charge in [-0.05, 0) is 38.0 Å². The van der Waals surface area contributed by atoms with Crippen molar-refractivity contribution in [1.29, 1.82) is 0 Å². The zero-order valence-electron chi connectivity index (χ0n) is 13.6. The molecule has 1 unspecified atom stereocenters. The summed E-state index contributed by atoms with van der Waals surface area (Å²) >= 11 is 0. The third kappa shape index (κ3) is 5.45. The highest BCUT2D eigenvalue weighted by Gasteiger charge is 2.10. The van der Waals surface area contributed by atoms with E-state index in [1.807, 2.05) is 13.0 Å². The molecule has 1 aromatic heterocycles. The lowest BCUT2D eigenvalue weighted by Gasteiger charge is -2.18. The highest BCUT2D eigenvalue weighted by Crippen LogP contribution is 2.16. The molecule has 0 saturated carbocycles. The summed E-state index contributed by atoms with van der Waals surface area (Å²) in [4.78, 5) is 8.23. The fourth-order valence-corrected chi connectivity index (χ4v) is 1.93. The van der Waals surface area contributed by atoms with E-state index in [1.54, 1.807) is 27.0 Å². The molecule has 6 nitrogen and oxygen atoms in total. The van der Waals surface area contributed by atoms with Crippen LogP contribution < -0.4 is 10.6 Å². The average molecular weight is 433 g/mol. The minimum Gasteiger partial charge on any atom is -0.350 e. The van der Waals surface area contributed by atoms with E-state index in [4.69, 9.17) is 4.52 Å². The number of guanidine groups is 1. The Morgan fingerprint density at radius 1 is 1.39 bits per heavy atom. The first-order valence-corrected chi connectivity index (χ1v) is 7.02. The molecule has 1 heterocycles. The van der Waals surface area contributed by atoms with E-state index < -0.39 is 0 Å². The second-order valence-corrected chi connectivity index (χ2v) is 5.04. The molecule has 0 saturated heterocycles. The number of hydrogen-bond acceptors (Lipinski definition) is 4. The van der Waals surface area contributed by atoms with Crippen LogP contribution in [0.15, 0.2) is 27.7 Å². The molecule has 0 aliphatic carbocycles. The van der Waals surface area contributed by atoms with Crippen molar-refractivity contribution in [3.63, 3.8) is 0 Å². The smallest absolute Gasteiger partial charge is 0.246 e. The molecule has 0 radical (unpaired) electrons. The summed E-state index contributed by atoms with van der Waals surface area (Å²) < 4.78 is 18.7. The molecule has 0 aliphatic heterocycles. The van der Waals surface area contributed by atoms with Crippen LogP contribution in [-0.2, 0) is 6.54 Å². The van der Waals surface area contributed by atoms with Gasteiger partial charge in [0.2, 0.25) is 5.89 Å². The largest absolute Gasteiger partial charge is 0.350 e. The summed E-state index contributed by atoms with van der Waals surface area (Å²) in [5.41, 5.74) is 1.48. The van der Waals surface area contributed by atoms with Crippen molar-refractivity contribution in [2.75, 3.05) is 7.05 Å². The topological polar surface area (TPSA) is 75.3 Å². The highest BCUT2D eigenvalue weighted by molar-refractivity contribution is 14.0. The first-order chi connectivity index (χ1) is 10.5. The molecular weight excluding hydrogens is 412 g/mol. The van der Waals surface area contributed by atoms with Crippen LogP contribution in [0.5, 0.6) is 0 Å². The lowest BCUT2D eigenvalue weighted by atomic mass is 10.1. The standard InChI is InChI=1S/C15H20FN5O.HI/c1-9-5-6-12(7-13(9)16)10(2)19-15(17-4)18-8-14-20-11(3)21-22-14;/h5-7,10H,8H2,1-4H3,(H2,17,18,19);1H. The fraction of sp³-hybridized carbons (Fsp3) is 0.400. The maximum absolute atomic E-state index is 13.6. The number of aliphatic imine (C=N–C) groups is 1. The van der Waals surface area contributed by atoms with Gasteiger partial charge in [0.15, 0.2) is 11.8 Å². The molecule has 0 bridgehead atoms.